The summed E-state index contributed by atoms with van der Waals surface area (Å²) in [6.07, 6.45) is 4.26. The van der Waals surface area contributed by atoms with Crippen LogP contribution in [-0.2, 0) is 11.3 Å². The molecule has 29 heavy (non-hydrogen) atoms. The first-order valence-corrected chi connectivity index (χ1v) is 11.1. The standard InChI is InChI=1S/C22H26N4O2S/c1-14-11-15(2)24-22(23-14)29-13-20(27)26(19-9-10-19)12-16-3-5-17(6-4-16)21(28)25-18-7-8-18/h3-6,11,18-19H,7-10,12-13H2,1-2H3,(H,25,28). The molecule has 1 heterocycles. The lowest BCUT2D eigenvalue weighted by atomic mass is 10.1. The lowest BCUT2D eigenvalue weighted by Crippen LogP contribution is -2.34. The summed E-state index contributed by atoms with van der Waals surface area (Å²) in [6.45, 7) is 4.44. The van der Waals surface area contributed by atoms with Gasteiger partial charge in [0.25, 0.3) is 5.91 Å². The van der Waals surface area contributed by atoms with E-state index in [9.17, 15) is 9.59 Å². The van der Waals surface area contributed by atoms with Crippen LogP contribution in [0.1, 0.15) is 53.0 Å². The zero-order valence-corrected chi connectivity index (χ0v) is 17.7. The Morgan fingerprint density at radius 1 is 1.07 bits per heavy atom. The third-order valence-corrected chi connectivity index (χ3v) is 5.91. The fourth-order valence-corrected chi connectivity index (χ4v) is 4.06. The first-order valence-electron chi connectivity index (χ1n) is 10.1. The normalized spacial score (nSPS) is 15.8. The summed E-state index contributed by atoms with van der Waals surface area (Å²) in [4.78, 5) is 35.8. The van der Waals surface area contributed by atoms with Crippen molar-refractivity contribution in [1.82, 2.24) is 20.2 Å². The zero-order chi connectivity index (χ0) is 20.4. The van der Waals surface area contributed by atoms with Crippen molar-refractivity contribution >= 4 is 23.6 Å². The van der Waals surface area contributed by atoms with Crippen molar-refractivity contribution in [2.75, 3.05) is 5.75 Å². The summed E-state index contributed by atoms with van der Waals surface area (Å²) in [5.41, 5.74) is 3.54. The van der Waals surface area contributed by atoms with Gasteiger partial charge in [-0.2, -0.15) is 0 Å². The summed E-state index contributed by atoms with van der Waals surface area (Å²) in [6, 6.07) is 10.2. The SMILES string of the molecule is Cc1cc(C)nc(SCC(=O)N(Cc2ccc(C(=O)NC3CC3)cc2)C2CC2)n1. The number of benzene rings is 1. The molecule has 2 fully saturated rings. The third kappa shape index (κ3) is 5.56. The fraction of sp³-hybridized carbons (Fsp3) is 0.455. The second-order valence-electron chi connectivity index (χ2n) is 7.92. The predicted octanol–water partition coefficient (Wildman–Crippen LogP) is 3.27. The molecule has 0 aliphatic heterocycles. The van der Waals surface area contributed by atoms with Crippen LogP contribution in [0, 0.1) is 13.8 Å². The molecule has 1 aromatic carbocycles. The molecule has 6 nitrogen and oxygen atoms in total. The van der Waals surface area contributed by atoms with E-state index in [1.54, 1.807) is 0 Å². The van der Waals surface area contributed by atoms with Gasteiger partial charge in [-0.25, -0.2) is 9.97 Å². The number of nitrogens with one attached hydrogen (secondary N) is 1. The number of nitrogens with zero attached hydrogens (tertiary/aromatic N) is 3. The maximum Gasteiger partial charge on any atom is 0.251 e. The fourth-order valence-electron chi connectivity index (χ4n) is 3.23. The molecule has 0 atom stereocenters. The largest absolute Gasteiger partial charge is 0.349 e. The first kappa shape index (κ1) is 19.9. The van der Waals surface area contributed by atoms with Crippen LogP contribution in [0.3, 0.4) is 0 Å². The van der Waals surface area contributed by atoms with Gasteiger partial charge in [0.15, 0.2) is 5.16 Å². The second-order valence-corrected chi connectivity index (χ2v) is 8.86. The Morgan fingerprint density at radius 2 is 1.72 bits per heavy atom. The molecule has 0 radical (unpaired) electrons. The molecule has 2 aliphatic carbocycles. The van der Waals surface area contributed by atoms with Crippen LogP contribution in [0.2, 0.25) is 0 Å². The number of aromatic nitrogens is 2. The molecule has 2 aromatic rings. The quantitative estimate of drug-likeness (QED) is 0.534. The number of carbonyl (C=O) groups excluding carboxylic acids is 2. The Bertz CT molecular complexity index is 887. The van der Waals surface area contributed by atoms with Gasteiger partial charge in [0.05, 0.1) is 5.75 Å². The van der Waals surface area contributed by atoms with E-state index in [1.165, 1.54) is 11.8 Å². The minimum absolute atomic E-state index is 0.0148. The number of hydrogen-bond acceptors (Lipinski definition) is 5. The second kappa shape index (κ2) is 8.53. The van der Waals surface area contributed by atoms with Crippen molar-refractivity contribution in [3.05, 3.63) is 52.8 Å². The lowest BCUT2D eigenvalue weighted by molar-refractivity contribution is -0.129. The van der Waals surface area contributed by atoms with Gasteiger partial charge in [-0.1, -0.05) is 23.9 Å². The van der Waals surface area contributed by atoms with Gasteiger partial charge in [0.1, 0.15) is 0 Å². The zero-order valence-electron chi connectivity index (χ0n) is 16.9. The predicted molar refractivity (Wildman–Crippen MR) is 113 cm³/mol. The van der Waals surface area contributed by atoms with Gasteiger partial charge in [0.2, 0.25) is 5.91 Å². The molecular formula is C22H26N4O2S. The molecule has 0 saturated heterocycles. The highest BCUT2D eigenvalue weighted by Gasteiger charge is 2.32. The van der Waals surface area contributed by atoms with Crippen molar-refractivity contribution in [1.29, 1.82) is 0 Å². The van der Waals surface area contributed by atoms with E-state index in [1.807, 2.05) is 49.1 Å². The molecule has 0 spiro atoms. The molecule has 2 aliphatic rings. The Kier molecular flexibility index (Phi) is 5.85. The van der Waals surface area contributed by atoms with E-state index in [0.717, 1.165) is 42.6 Å². The van der Waals surface area contributed by atoms with Gasteiger partial charge >= 0.3 is 0 Å². The van der Waals surface area contributed by atoms with E-state index in [0.29, 0.717) is 35.1 Å². The van der Waals surface area contributed by atoms with Crippen molar-refractivity contribution in [3.63, 3.8) is 0 Å². The van der Waals surface area contributed by atoms with E-state index < -0.39 is 0 Å². The number of rotatable bonds is 8. The average molecular weight is 411 g/mol. The number of thioether (sulfide) groups is 1. The van der Waals surface area contributed by atoms with Crippen molar-refractivity contribution < 1.29 is 9.59 Å². The maximum atomic E-state index is 12.9. The van der Waals surface area contributed by atoms with Gasteiger partial charge < -0.3 is 10.2 Å². The number of carbonyl (C=O) groups is 2. The smallest absolute Gasteiger partial charge is 0.251 e. The number of aryl methyl sites for hydroxylation is 2. The maximum absolute atomic E-state index is 12.9. The van der Waals surface area contributed by atoms with E-state index in [4.69, 9.17) is 0 Å². The summed E-state index contributed by atoms with van der Waals surface area (Å²) in [5, 5.41) is 3.65. The Labute approximate surface area is 175 Å². The van der Waals surface area contributed by atoms with Gasteiger partial charge in [0, 0.05) is 35.6 Å². The van der Waals surface area contributed by atoms with Crippen molar-refractivity contribution in [2.45, 2.75) is 63.3 Å². The molecule has 2 saturated carbocycles. The molecule has 2 amide bonds. The average Bonchev–Trinajstić information content (AvgIpc) is 3.58. The van der Waals surface area contributed by atoms with E-state index >= 15 is 0 Å². The van der Waals surface area contributed by atoms with Gasteiger partial charge in [-0.3, -0.25) is 9.59 Å². The van der Waals surface area contributed by atoms with E-state index in [-0.39, 0.29) is 11.8 Å². The highest BCUT2D eigenvalue weighted by molar-refractivity contribution is 7.99. The molecule has 7 heteroatoms. The molecule has 1 aromatic heterocycles. The summed E-state index contributed by atoms with van der Waals surface area (Å²) >= 11 is 1.39. The highest BCUT2D eigenvalue weighted by atomic mass is 32.2. The van der Waals surface area contributed by atoms with Crippen LogP contribution < -0.4 is 5.32 Å². The molecule has 0 bridgehead atoms. The highest BCUT2D eigenvalue weighted by Crippen LogP contribution is 2.29. The Balaban J connectivity index is 1.36. The molecular weight excluding hydrogens is 384 g/mol. The minimum Gasteiger partial charge on any atom is -0.349 e. The lowest BCUT2D eigenvalue weighted by Gasteiger charge is -2.22. The Morgan fingerprint density at radius 3 is 2.31 bits per heavy atom. The van der Waals surface area contributed by atoms with Gasteiger partial charge in [-0.15, -0.1) is 0 Å². The number of hydrogen-bond donors (Lipinski definition) is 1. The van der Waals surface area contributed by atoms with Crippen LogP contribution in [0.25, 0.3) is 0 Å². The van der Waals surface area contributed by atoms with Crippen LogP contribution in [-0.4, -0.2) is 44.5 Å². The molecule has 4 rings (SSSR count). The monoisotopic (exact) mass is 410 g/mol. The third-order valence-electron chi connectivity index (χ3n) is 5.08. The molecule has 0 unspecified atom stereocenters. The van der Waals surface area contributed by atoms with Crippen LogP contribution in [0.15, 0.2) is 35.5 Å². The van der Waals surface area contributed by atoms with Crippen molar-refractivity contribution in [2.24, 2.45) is 0 Å². The number of amides is 2. The Hall–Kier alpha value is -2.41. The first-order chi connectivity index (χ1) is 14.0. The molecule has 1 N–H and O–H groups in total. The topological polar surface area (TPSA) is 75.2 Å². The van der Waals surface area contributed by atoms with Crippen LogP contribution in [0.4, 0.5) is 0 Å². The summed E-state index contributed by atoms with van der Waals surface area (Å²) < 4.78 is 0. The van der Waals surface area contributed by atoms with Crippen molar-refractivity contribution in [3.8, 4) is 0 Å². The van der Waals surface area contributed by atoms with E-state index in [2.05, 4.69) is 15.3 Å². The molecule has 152 valence electrons. The van der Waals surface area contributed by atoms with Gasteiger partial charge in [-0.05, 0) is 63.3 Å². The summed E-state index contributed by atoms with van der Waals surface area (Å²) in [7, 11) is 0. The summed E-state index contributed by atoms with van der Waals surface area (Å²) in [5.74, 6) is 0.427. The minimum atomic E-state index is -0.0148. The van der Waals surface area contributed by atoms with Crippen LogP contribution >= 0.6 is 11.8 Å². The van der Waals surface area contributed by atoms with Crippen LogP contribution in [0.5, 0.6) is 0 Å².